The van der Waals surface area contributed by atoms with Gasteiger partial charge in [0.05, 0.1) is 12.5 Å². The van der Waals surface area contributed by atoms with Crippen LogP contribution in [0.15, 0.2) is 22.1 Å². The van der Waals surface area contributed by atoms with Crippen molar-refractivity contribution in [1.29, 1.82) is 0 Å². The van der Waals surface area contributed by atoms with E-state index in [1.165, 1.54) is 12.5 Å². The third kappa shape index (κ3) is 2.88. The van der Waals surface area contributed by atoms with Crippen LogP contribution in [0.2, 0.25) is 0 Å². The highest BCUT2D eigenvalue weighted by atomic mass is 32.2. The van der Waals surface area contributed by atoms with E-state index in [1.54, 1.807) is 6.92 Å². The van der Waals surface area contributed by atoms with Crippen molar-refractivity contribution in [2.24, 2.45) is 0 Å². The topological polar surface area (TPSA) is 114 Å². The molecule has 0 saturated carbocycles. The summed E-state index contributed by atoms with van der Waals surface area (Å²) in [5.41, 5.74) is 0. The number of aryl methyl sites for hydroxylation is 1. The fourth-order valence-electron chi connectivity index (χ4n) is 1.21. The van der Waals surface area contributed by atoms with Gasteiger partial charge in [-0.3, -0.25) is 0 Å². The number of H-pyrrole nitrogens is 1. The maximum atomic E-state index is 11.6. The number of imidazole rings is 1. The van der Waals surface area contributed by atoms with E-state index in [9.17, 15) is 8.42 Å². The highest BCUT2D eigenvalue weighted by molar-refractivity contribution is 7.89. The Morgan fingerprint density at radius 2 is 2.35 bits per heavy atom. The largest absolute Gasteiger partial charge is 0.340 e. The fraction of sp³-hybridized carbons (Fsp3) is 0.375. The van der Waals surface area contributed by atoms with Crippen LogP contribution < -0.4 is 4.72 Å². The molecular weight excluding hydrogens is 246 g/mol. The number of rotatable bonds is 5. The molecule has 0 radical (unpaired) electrons. The van der Waals surface area contributed by atoms with Crippen molar-refractivity contribution in [2.45, 2.75) is 18.4 Å². The predicted octanol–water partition coefficient (Wildman–Crippen LogP) is -0.378. The maximum absolute atomic E-state index is 11.6. The lowest BCUT2D eigenvalue weighted by atomic mass is 10.4. The van der Waals surface area contributed by atoms with E-state index >= 15 is 0 Å². The monoisotopic (exact) mass is 257 g/mol. The van der Waals surface area contributed by atoms with Crippen molar-refractivity contribution in [2.75, 3.05) is 6.54 Å². The second-order valence-corrected chi connectivity index (χ2v) is 5.03. The van der Waals surface area contributed by atoms with Crippen LogP contribution in [0.3, 0.4) is 0 Å². The molecule has 0 aliphatic rings. The first kappa shape index (κ1) is 11.7. The van der Waals surface area contributed by atoms with Crippen molar-refractivity contribution in [3.63, 3.8) is 0 Å². The second-order valence-electron chi connectivity index (χ2n) is 3.29. The Kier molecular flexibility index (Phi) is 3.20. The molecule has 0 aromatic carbocycles. The molecule has 9 heteroatoms. The molecule has 2 N–H and O–H groups in total. The summed E-state index contributed by atoms with van der Waals surface area (Å²) >= 11 is 0. The molecule has 0 fully saturated rings. The van der Waals surface area contributed by atoms with Crippen molar-refractivity contribution in [3.05, 3.63) is 24.2 Å². The van der Waals surface area contributed by atoms with Gasteiger partial charge in [-0.15, -0.1) is 0 Å². The molecular formula is C8H11N5O3S. The number of sulfonamides is 1. The quantitative estimate of drug-likeness (QED) is 0.754. The van der Waals surface area contributed by atoms with Crippen LogP contribution in [0.25, 0.3) is 0 Å². The van der Waals surface area contributed by atoms with E-state index in [2.05, 4.69) is 24.8 Å². The fourth-order valence-corrected chi connectivity index (χ4v) is 2.14. The van der Waals surface area contributed by atoms with E-state index in [0.717, 1.165) is 0 Å². The first-order valence-corrected chi connectivity index (χ1v) is 6.33. The van der Waals surface area contributed by atoms with E-state index in [0.29, 0.717) is 18.1 Å². The highest BCUT2D eigenvalue weighted by Crippen LogP contribution is 2.02. The number of hydrogen-bond acceptors (Lipinski definition) is 6. The molecule has 17 heavy (non-hydrogen) atoms. The summed E-state index contributed by atoms with van der Waals surface area (Å²) in [4.78, 5) is 10.1. The van der Waals surface area contributed by atoms with Crippen LogP contribution in [0, 0.1) is 6.92 Å². The van der Waals surface area contributed by atoms with E-state index < -0.39 is 10.0 Å². The maximum Gasteiger partial charge on any atom is 0.257 e. The third-order valence-corrected chi connectivity index (χ3v) is 3.36. The normalized spacial score (nSPS) is 11.8. The molecule has 0 aliphatic heterocycles. The molecule has 0 bridgehead atoms. The standard InChI is InChI=1S/C8H11N5O3S/c1-6-12-7(13-16-6)2-3-11-17(14,15)8-4-9-5-10-8/h4-5,11H,2-3H2,1H3,(H,9,10). The summed E-state index contributed by atoms with van der Waals surface area (Å²) < 4.78 is 30.4. The van der Waals surface area contributed by atoms with Gasteiger partial charge < -0.3 is 9.51 Å². The first-order chi connectivity index (χ1) is 8.08. The molecule has 2 aromatic rings. The number of nitrogens with zero attached hydrogens (tertiary/aromatic N) is 3. The molecule has 0 atom stereocenters. The van der Waals surface area contributed by atoms with Gasteiger partial charge in [-0.05, 0) is 0 Å². The second kappa shape index (κ2) is 4.63. The molecule has 0 unspecified atom stereocenters. The Labute approximate surface area is 97.5 Å². The molecule has 0 amide bonds. The highest BCUT2D eigenvalue weighted by Gasteiger charge is 2.15. The average Bonchev–Trinajstić information content (AvgIpc) is 2.89. The number of hydrogen-bond donors (Lipinski definition) is 2. The molecule has 2 heterocycles. The average molecular weight is 257 g/mol. The summed E-state index contributed by atoms with van der Waals surface area (Å²) in [5, 5.41) is 3.69. The van der Waals surface area contributed by atoms with Crippen LogP contribution in [0.5, 0.6) is 0 Å². The molecule has 8 nitrogen and oxygen atoms in total. The molecule has 92 valence electrons. The first-order valence-electron chi connectivity index (χ1n) is 4.85. The van der Waals surface area contributed by atoms with Gasteiger partial charge in [0, 0.05) is 19.9 Å². The van der Waals surface area contributed by atoms with Gasteiger partial charge in [-0.1, -0.05) is 5.16 Å². The van der Waals surface area contributed by atoms with Crippen LogP contribution in [-0.2, 0) is 16.4 Å². The molecule has 0 aliphatic carbocycles. The smallest absolute Gasteiger partial charge is 0.257 e. The van der Waals surface area contributed by atoms with Gasteiger partial charge in [-0.25, -0.2) is 18.1 Å². The lowest BCUT2D eigenvalue weighted by Crippen LogP contribution is -2.26. The summed E-state index contributed by atoms with van der Waals surface area (Å²) in [7, 11) is -3.53. The molecule has 0 saturated heterocycles. The minimum absolute atomic E-state index is 0.0294. The van der Waals surface area contributed by atoms with Gasteiger partial charge in [0.1, 0.15) is 0 Å². The molecule has 2 aromatic heterocycles. The molecule has 0 spiro atoms. The van der Waals surface area contributed by atoms with Crippen molar-refractivity contribution in [1.82, 2.24) is 24.8 Å². The summed E-state index contributed by atoms with van der Waals surface area (Å²) in [6, 6.07) is 0. The Balaban J connectivity index is 1.91. The lowest BCUT2D eigenvalue weighted by molar-refractivity contribution is 0.387. The summed E-state index contributed by atoms with van der Waals surface area (Å²) in [5.74, 6) is 0.922. The van der Waals surface area contributed by atoms with Crippen LogP contribution in [0.4, 0.5) is 0 Å². The van der Waals surface area contributed by atoms with Crippen LogP contribution >= 0.6 is 0 Å². The van der Waals surface area contributed by atoms with Gasteiger partial charge in [-0.2, -0.15) is 4.98 Å². The Hall–Kier alpha value is -1.74. The summed E-state index contributed by atoms with van der Waals surface area (Å²) in [6.45, 7) is 1.87. The van der Waals surface area contributed by atoms with Gasteiger partial charge in [0.15, 0.2) is 10.9 Å². The van der Waals surface area contributed by atoms with E-state index in [-0.39, 0.29) is 11.6 Å². The zero-order chi connectivity index (χ0) is 12.3. The summed E-state index contributed by atoms with van der Waals surface area (Å²) in [6.07, 6.45) is 2.91. The number of aromatic nitrogens is 4. The van der Waals surface area contributed by atoms with Gasteiger partial charge in [0.25, 0.3) is 10.0 Å². The van der Waals surface area contributed by atoms with Gasteiger partial charge in [0.2, 0.25) is 5.89 Å². The molecule has 2 rings (SSSR count). The Morgan fingerprint density at radius 1 is 1.53 bits per heavy atom. The van der Waals surface area contributed by atoms with Crippen LogP contribution in [-0.4, -0.2) is 35.1 Å². The van der Waals surface area contributed by atoms with Crippen molar-refractivity contribution in [3.8, 4) is 0 Å². The Morgan fingerprint density at radius 3 is 2.94 bits per heavy atom. The van der Waals surface area contributed by atoms with E-state index in [1.807, 2.05) is 0 Å². The number of nitrogens with one attached hydrogen (secondary N) is 2. The third-order valence-electron chi connectivity index (χ3n) is 1.97. The minimum atomic E-state index is -3.53. The number of aromatic amines is 1. The van der Waals surface area contributed by atoms with E-state index in [4.69, 9.17) is 4.52 Å². The SMILES string of the molecule is Cc1nc(CCNS(=O)(=O)c2cnc[nH]2)no1. The van der Waals surface area contributed by atoms with Crippen molar-refractivity contribution >= 4 is 10.0 Å². The van der Waals surface area contributed by atoms with Crippen LogP contribution in [0.1, 0.15) is 11.7 Å². The zero-order valence-corrected chi connectivity index (χ0v) is 9.86. The predicted molar refractivity (Wildman–Crippen MR) is 56.5 cm³/mol. The zero-order valence-electron chi connectivity index (χ0n) is 9.04. The van der Waals surface area contributed by atoms with Gasteiger partial charge >= 0.3 is 0 Å². The Bertz CT molecular complexity index is 574. The van der Waals surface area contributed by atoms with Crippen molar-refractivity contribution < 1.29 is 12.9 Å². The minimum Gasteiger partial charge on any atom is -0.340 e. The lowest BCUT2D eigenvalue weighted by Gasteiger charge is -2.01.